The standard InChI is InChI=1S/C28H28N6O2/c1-18(32-27-26-23(10-13-29-27)30-17-31-26)24-16-19-6-5-9-22(33-20-11-14-36-15-12-20)25(19)28(35)34(24)21-7-3-2-4-8-21/h2-10,13,16-18,20,33H,11-12,14-15H2,1H3,(H,29,32)(H,30,31)/t18-/m0/s1. The van der Waals surface area contributed by atoms with Crippen molar-refractivity contribution in [3.05, 3.63) is 89.2 Å². The number of anilines is 2. The molecule has 1 saturated heterocycles. The first-order chi connectivity index (χ1) is 17.7. The van der Waals surface area contributed by atoms with Crippen molar-refractivity contribution in [2.24, 2.45) is 0 Å². The number of para-hydroxylation sites is 1. The van der Waals surface area contributed by atoms with Crippen LogP contribution in [0.4, 0.5) is 11.5 Å². The molecule has 0 unspecified atom stereocenters. The molecule has 0 aliphatic carbocycles. The Kier molecular flexibility index (Phi) is 5.87. The highest BCUT2D eigenvalue weighted by molar-refractivity contribution is 5.94. The first kappa shape index (κ1) is 22.3. The van der Waals surface area contributed by atoms with Gasteiger partial charge in [0.15, 0.2) is 5.82 Å². The van der Waals surface area contributed by atoms with Crippen LogP contribution >= 0.6 is 0 Å². The lowest BCUT2D eigenvalue weighted by molar-refractivity contribution is 0.0905. The zero-order valence-corrected chi connectivity index (χ0v) is 20.1. The molecule has 3 aromatic heterocycles. The molecule has 4 heterocycles. The summed E-state index contributed by atoms with van der Waals surface area (Å²) in [5.74, 6) is 0.670. The van der Waals surface area contributed by atoms with E-state index >= 15 is 0 Å². The summed E-state index contributed by atoms with van der Waals surface area (Å²) < 4.78 is 7.32. The van der Waals surface area contributed by atoms with Gasteiger partial charge in [-0.1, -0.05) is 30.3 Å². The topological polar surface area (TPSA) is 96.9 Å². The van der Waals surface area contributed by atoms with Crippen molar-refractivity contribution in [3.8, 4) is 5.69 Å². The largest absolute Gasteiger partial charge is 0.381 e. The van der Waals surface area contributed by atoms with E-state index in [4.69, 9.17) is 4.74 Å². The van der Waals surface area contributed by atoms with E-state index in [1.54, 1.807) is 17.1 Å². The van der Waals surface area contributed by atoms with Gasteiger partial charge in [-0.3, -0.25) is 9.36 Å². The number of imidazole rings is 1. The Bertz CT molecular complexity index is 1570. The maximum atomic E-state index is 14.2. The molecule has 1 fully saturated rings. The van der Waals surface area contributed by atoms with Gasteiger partial charge in [0.05, 0.1) is 23.3 Å². The fourth-order valence-corrected chi connectivity index (χ4v) is 4.98. The summed E-state index contributed by atoms with van der Waals surface area (Å²) in [5.41, 5.74) is 4.15. The molecule has 0 spiro atoms. The van der Waals surface area contributed by atoms with Crippen LogP contribution in [-0.4, -0.2) is 38.8 Å². The van der Waals surface area contributed by atoms with Gasteiger partial charge in [0.2, 0.25) is 0 Å². The normalized spacial score (nSPS) is 15.2. The summed E-state index contributed by atoms with van der Waals surface area (Å²) >= 11 is 0. The molecule has 0 saturated carbocycles. The van der Waals surface area contributed by atoms with Crippen LogP contribution in [0, 0.1) is 0 Å². The summed E-state index contributed by atoms with van der Waals surface area (Å²) in [7, 11) is 0. The van der Waals surface area contributed by atoms with Gasteiger partial charge in [-0.15, -0.1) is 0 Å². The summed E-state index contributed by atoms with van der Waals surface area (Å²) in [5, 5.41) is 8.70. The van der Waals surface area contributed by atoms with Crippen LogP contribution in [0.2, 0.25) is 0 Å². The Hall–Kier alpha value is -4.17. The van der Waals surface area contributed by atoms with E-state index in [1.807, 2.05) is 61.5 Å². The van der Waals surface area contributed by atoms with Crippen molar-refractivity contribution >= 4 is 33.3 Å². The third-order valence-corrected chi connectivity index (χ3v) is 6.81. The first-order valence-corrected chi connectivity index (χ1v) is 12.3. The monoisotopic (exact) mass is 480 g/mol. The van der Waals surface area contributed by atoms with Crippen LogP contribution in [0.5, 0.6) is 0 Å². The number of nitrogens with zero attached hydrogens (tertiary/aromatic N) is 3. The molecule has 5 aromatic rings. The summed E-state index contributed by atoms with van der Waals surface area (Å²) in [6.45, 7) is 3.51. The van der Waals surface area contributed by atoms with Gasteiger partial charge in [-0.05, 0) is 55.5 Å². The van der Waals surface area contributed by atoms with Crippen LogP contribution in [0.1, 0.15) is 31.5 Å². The van der Waals surface area contributed by atoms with Gasteiger partial charge in [-0.2, -0.15) is 0 Å². The molecule has 8 heteroatoms. The number of ether oxygens (including phenoxy) is 1. The Morgan fingerprint density at radius 3 is 2.72 bits per heavy atom. The van der Waals surface area contributed by atoms with E-state index in [-0.39, 0.29) is 17.6 Å². The Labute approximate surface area is 208 Å². The van der Waals surface area contributed by atoms with Crippen molar-refractivity contribution in [2.45, 2.75) is 31.8 Å². The molecule has 3 N–H and O–H groups in total. The van der Waals surface area contributed by atoms with E-state index in [0.717, 1.165) is 59.5 Å². The molecule has 0 bridgehead atoms. The molecular weight excluding hydrogens is 452 g/mol. The number of aromatic amines is 1. The van der Waals surface area contributed by atoms with E-state index < -0.39 is 0 Å². The smallest absolute Gasteiger partial charge is 0.265 e. The molecule has 36 heavy (non-hydrogen) atoms. The lowest BCUT2D eigenvalue weighted by Crippen LogP contribution is -2.30. The number of rotatable bonds is 6. The van der Waals surface area contributed by atoms with Crippen LogP contribution < -0.4 is 16.2 Å². The summed E-state index contributed by atoms with van der Waals surface area (Å²) in [4.78, 5) is 26.2. The molecule has 2 aromatic carbocycles. The molecule has 1 aliphatic rings. The molecule has 0 radical (unpaired) electrons. The maximum absolute atomic E-state index is 14.2. The predicted octanol–water partition coefficient (Wildman–Crippen LogP) is 5.03. The van der Waals surface area contributed by atoms with Gasteiger partial charge < -0.3 is 20.4 Å². The van der Waals surface area contributed by atoms with E-state index in [9.17, 15) is 4.79 Å². The molecule has 1 atom stereocenters. The van der Waals surface area contributed by atoms with Crippen LogP contribution in [0.25, 0.3) is 27.5 Å². The number of benzene rings is 2. The Morgan fingerprint density at radius 2 is 1.89 bits per heavy atom. The van der Waals surface area contributed by atoms with Gasteiger partial charge in [0.1, 0.15) is 5.52 Å². The third kappa shape index (κ3) is 4.09. The average Bonchev–Trinajstić information content (AvgIpc) is 3.40. The van der Waals surface area contributed by atoms with Gasteiger partial charge >= 0.3 is 0 Å². The molecular formula is C28H28N6O2. The fraction of sp³-hybridized carbons (Fsp3) is 0.250. The maximum Gasteiger partial charge on any atom is 0.265 e. The zero-order valence-electron chi connectivity index (χ0n) is 20.1. The highest BCUT2D eigenvalue weighted by Crippen LogP contribution is 2.29. The lowest BCUT2D eigenvalue weighted by Gasteiger charge is -2.26. The third-order valence-electron chi connectivity index (χ3n) is 6.81. The second kappa shape index (κ2) is 9.47. The van der Waals surface area contributed by atoms with Gasteiger partial charge in [-0.25, -0.2) is 9.97 Å². The SMILES string of the molecule is C[C@H](Nc1nccc2[nH]cnc12)c1cc2cccc(NC3CCOCC3)c2c(=O)n1-c1ccccc1. The second-order valence-corrected chi connectivity index (χ2v) is 9.17. The highest BCUT2D eigenvalue weighted by Gasteiger charge is 2.21. The van der Waals surface area contributed by atoms with Crippen LogP contribution in [0.15, 0.2) is 78.0 Å². The number of nitrogens with one attached hydrogen (secondary N) is 3. The van der Waals surface area contributed by atoms with Crippen molar-refractivity contribution in [2.75, 3.05) is 23.8 Å². The fourth-order valence-electron chi connectivity index (χ4n) is 4.98. The van der Waals surface area contributed by atoms with E-state index in [2.05, 4.69) is 31.7 Å². The van der Waals surface area contributed by atoms with Gasteiger partial charge in [0.25, 0.3) is 5.56 Å². The summed E-state index contributed by atoms with van der Waals surface area (Å²) in [6, 6.07) is 19.8. The summed E-state index contributed by atoms with van der Waals surface area (Å²) in [6.07, 6.45) is 5.25. The lowest BCUT2D eigenvalue weighted by atomic mass is 10.0. The molecule has 0 amide bonds. The second-order valence-electron chi connectivity index (χ2n) is 9.17. The van der Waals surface area contributed by atoms with Crippen molar-refractivity contribution in [1.29, 1.82) is 0 Å². The number of aromatic nitrogens is 4. The number of fused-ring (bicyclic) bond motifs is 2. The number of hydrogen-bond acceptors (Lipinski definition) is 6. The first-order valence-electron chi connectivity index (χ1n) is 12.3. The number of H-pyrrole nitrogens is 1. The average molecular weight is 481 g/mol. The zero-order chi connectivity index (χ0) is 24.5. The van der Waals surface area contributed by atoms with Crippen molar-refractivity contribution < 1.29 is 4.74 Å². The molecule has 182 valence electrons. The predicted molar refractivity (Wildman–Crippen MR) is 143 cm³/mol. The Morgan fingerprint density at radius 1 is 1.06 bits per heavy atom. The molecule has 8 nitrogen and oxygen atoms in total. The molecule has 6 rings (SSSR count). The minimum atomic E-state index is -0.218. The number of pyridine rings is 2. The van der Waals surface area contributed by atoms with Crippen molar-refractivity contribution in [3.63, 3.8) is 0 Å². The Balaban J connectivity index is 1.48. The van der Waals surface area contributed by atoms with E-state index in [1.165, 1.54) is 0 Å². The van der Waals surface area contributed by atoms with Crippen LogP contribution in [0.3, 0.4) is 0 Å². The minimum absolute atomic E-state index is 0.0524. The quantitative estimate of drug-likeness (QED) is 0.316. The van der Waals surface area contributed by atoms with Crippen molar-refractivity contribution in [1.82, 2.24) is 19.5 Å². The van der Waals surface area contributed by atoms with Crippen LogP contribution in [-0.2, 0) is 4.74 Å². The minimum Gasteiger partial charge on any atom is -0.381 e. The molecule has 1 aliphatic heterocycles. The van der Waals surface area contributed by atoms with E-state index in [0.29, 0.717) is 11.2 Å². The van der Waals surface area contributed by atoms with Gasteiger partial charge in [0, 0.05) is 42.5 Å². The highest BCUT2D eigenvalue weighted by atomic mass is 16.5. The number of hydrogen-bond donors (Lipinski definition) is 3.